The smallest absolute Gasteiger partial charge is 0.271 e. The highest BCUT2D eigenvalue weighted by Gasteiger charge is 2.36. The van der Waals surface area contributed by atoms with Crippen molar-refractivity contribution in [3.8, 4) is 23.0 Å². The van der Waals surface area contributed by atoms with Gasteiger partial charge in [-0.05, 0) is 95.1 Å². The Morgan fingerprint density at radius 2 is 1.55 bits per heavy atom. The van der Waals surface area contributed by atoms with Crippen molar-refractivity contribution in [1.29, 1.82) is 0 Å². The summed E-state index contributed by atoms with van der Waals surface area (Å²) in [7, 11) is 6.52. The minimum absolute atomic E-state index is 0.0664. The average molecular weight is 674 g/mol. The fraction of sp³-hybridized carbons (Fsp3) is 0.257. The zero-order chi connectivity index (χ0) is 31.0. The van der Waals surface area contributed by atoms with Crippen LogP contribution in [0.3, 0.4) is 0 Å². The Bertz CT molecular complexity index is 1990. The highest BCUT2D eigenvalue weighted by Crippen LogP contribution is 2.45. The van der Waals surface area contributed by atoms with E-state index in [2.05, 4.69) is 28.9 Å². The van der Waals surface area contributed by atoms with Crippen LogP contribution in [0.1, 0.15) is 42.5 Å². The maximum atomic E-state index is 14.2. The SMILES string of the molecule is COc1ccc(/C=C2\CCC(C)C3=C2N=c2s/c(=C/c4cccc(Br)c4)c(=O)n2C3c2ccc(OC)c(OC)c2)cc1OC. The van der Waals surface area contributed by atoms with Crippen LogP contribution in [-0.2, 0) is 0 Å². The van der Waals surface area contributed by atoms with E-state index in [-0.39, 0.29) is 17.5 Å². The molecule has 9 heteroatoms. The molecule has 1 aromatic heterocycles. The van der Waals surface area contributed by atoms with Gasteiger partial charge >= 0.3 is 0 Å². The Balaban J connectivity index is 1.60. The van der Waals surface area contributed by atoms with Gasteiger partial charge in [-0.15, -0.1) is 0 Å². The van der Waals surface area contributed by atoms with Crippen molar-refractivity contribution in [3.05, 3.63) is 118 Å². The molecule has 0 N–H and O–H groups in total. The van der Waals surface area contributed by atoms with Crippen LogP contribution >= 0.6 is 27.3 Å². The number of rotatable bonds is 7. The van der Waals surface area contributed by atoms with Gasteiger partial charge in [0.1, 0.15) is 0 Å². The molecule has 0 radical (unpaired) electrons. The summed E-state index contributed by atoms with van der Waals surface area (Å²) >= 11 is 4.96. The van der Waals surface area contributed by atoms with Crippen LogP contribution in [0.4, 0.5) is 0 Å². The topological polar surface area (TPSA) is 71.3 Å². The lowest BCUT2D eigenvalue weighted by Crippen LogP contribution is -2.40. The lowest BCUT2D eigenvalue weighted by Gasteiger charge is -2.35. The van der Waals surface area contributed by atoms with Crippen LogP contribution in [0.5, 0.6) is 23.0 Å². The summed E-state index contributed by atoms with van der Waals surface area (Å²) in [5.41, 5.74) is 6.00. The Hall–Kier alpha value is -4.08. The van der Waals surface area contributed by atoms with Crippen molar-refractivity contribution >= 4 is 39.4 Å². The summed E-state index contributed by atoms with van der Waals surface area (Å²) in [6.07, 6.45) is 5.91. The number of fused-ring (bicyclic) bond motifs is 1. The zero-order valence-corrected chi connectivity index (χ0v) is 27.6. The molecule has 0 bridgehead atoms. The van der Waals surface area contributed by atoms with Crippen molar-refractivity contribution in [2.45, 2.75) is 25.8 Å². The molecule has 44 heavy (non-hydrogen) atoms. The molecule has 0 fully saturated rings. The van der Waals surface area contributed by atoms with Crippen LogP contribution in [0, 0.1) is 5.92 Å². The lowest BCUT2D eigenvalue weighted by molar-refractivity contribution is 0.353. The number of aromatic nitrogens is 1. The van der Waals surface area contributed by atoms with E-state index in [1.165, 1.54) is 11.3 Å². The lowest BCUT2D eigenvalue weighted by atomic mass is 9.77. The van der Waals surface area contributed by atoms with Gasteiger partial charge in [-0.25, -0.2) is 4.99 Å². The fourth-order valence-electron chi connectivity index (χ4n) is 6.01. The minimum atomic E-state index is -0.352. The van der Waals surface area contributed by atoms with Crippen LogP contribution in [0.25, 0.3) is 12.2 Å². The van der Waals surface area contributed by atoms with Gasteiger partial charge in [0.15, 0.2) is 27.8 Å². The quantitative estimate of drug-likeness (QED) is 0.223. The van der Waals surface area contributed by atoms with E-state index in [0.29, 0.717) is 32.3 Å². The molecule has 0 spiro atoms. The summed E-state index contributed by atoms with van der Waals surface area (Å²) in [6.45, 7) is 2.22. The van der Waals surface area contributed by atoms with Crippen molar-refractivity contribution in [1.82, 2.24) is 4.57 Å². The molecule has 1 aliphatic carbocycles. The van der Waals surface area contributed by atoms with Crippen LogP contribution < -0.4 is 33.8 Å². The van der Waals surface area contributed by atoms with Crippen LogP contribution in [0.15, 0.2) is 91.8 Å². The second kappa shape index (κ2) is 12.5. The Kier molecular flexibility index (Phi) is 8.51. The molecule has 2 atom stereocenters. The number of hydrogen-bond donors (Lipinski definition) is 0. The summed E-state index contributed by atoms with van der Waals surface area (Å²) in [5, 5.41) is 0. The maximum Gasteiger partial charge on any atom is 0.271 e. The van der Waals surface area contributed by atoms with Gasteiger partial charge in [-0.3, -0.25) is 9.36 Å². The van der Waals surface area contributed by atoms with Crippen molar-refractivity contribution in [2.24, 2.45) is 10.9 Å². The Morgan fingerprint density at radius 3 is 2.25 bits per heavy atom. The van der Waals surface area contributed by atoms with E-state index in [9.17, 15) is 4.79 Å². The van der Waals surface area contributed by atoms with Gasteiger partial charge in [0.2, 0.25) is 0 Å². The molecule has 2 heterocycles. The molecular formula is C35H33BrN2O5S. The third kappa shape index (κ3) is 5.50. The standard InChI is InChI=1S/C35H33BrN2O5S/c1-20-9-11-23(15-22-10-13-26(40-2)28(17-22)42-4)32-31(20)33(24-12-14-27(41-3)29(19-24)43-5)38-34(39)30(44-35(38)37-32)18-21-7-6-8-25(36)16-21/h6-8,10,12-20,33H,9,11H2,1-5H3/b23-15+,30-18+. The van der Waals surface area contributed by atoms with Crippen molar-refractivity contribution in [2.75, 3.05) is 28.4 Å². The van der Waals surface area contributed by atoms with E-state index >= 15 is 0 Å². The number of hydrogen-bond acceptors (Lipinski definition) is 7. The molecule has 0 saturated carbocycles. The third-order valence-electron chi connectivity index (χ3n) is 8.17. The first-order valence-corrected chi connectivity index (χ1v) is 15.9. The third-order valence-corrected chi connectivity index (χ3v) is 9.65. The predicted octanol–water partition coefficient (Wildman–Crippen LogP) is 6.53. The zero-order valence-electron chi connectivity index (χ0n) is 25.2. The number of ether oxygens (including phenoxy) is 4. The first kappa shape index (κ1) is 30.0. The van der Waals surface area contributed by atoms with Gasteiger partial charge in [-0.2, -0.15) is 0 Å². The van der Waals surface area contributed by atoms with E-state index < -0.39 is 0 Å². The predicted molar refractivity (Wildman–Crippen MR) is 178 cm³/mol. The van der Waals surface area contributed by atoms with Crippen LogP contribution in [0.2, 0.25) is 0 Å². The van der Waals surface area contributed by atoms with E-state index in [4.69, 9.17) is 23.9 Å². The second-order valence-corrected chi connectivity index (χ2v) is 12.7. The molecular weight excluding hydrogens is 640 g/mol. The van der Waals surface area contributed by atoms with Gasteiger partial charge in [0, 0.05) is 4.47 Å². The highest BCUT2D eigenvalue weighted by atomic mass is 79.9. The number of nitrogens with zero attached hydrogens (tertiary/aromatic N) is 2. The molecule has 7 nitrogen and oxygen atoms in total. The molecule has 6 rings (SSSR count). The summed E-state index contributed by atoms with van der Waals surface area (Å²) in [5.74, 6) is 2.80. The highest BCUT2D eigenvalue weighted by molar-refractivity contribution is 9.10. The van der Waals surface area contributed by atoms with Crippen molar-refractivity contribution < 1.29 is 18.9 Å². The van der Waals surface area contributed by atoms with Crippen molar-refractivity contribution in [3.63, 3.8) is 0 Å². The van der Waals surface area contributed by atoms with E-state index in [0.717, 1.165) is 50.8 Å². The van der Waals surface area contributed by atoms with Gasteiger partial charge in [0.05, 0.1) is 44.7 Å². The van der Waals surface area contributed by atoms with E-state index in [1.807, 2.05) is 71.3 Å². The van der Waals surface area contributed by atoms with E-state index in [1.54, 1.807) is 28.4 Å². The van der Waals surface area contributed by atoms with Gasteiger partial charge in [0.25, 0.3) is 5.56 Å². The van der Waals surface area contributed by atoms with Gasteiger partial charge < -0.3 is 18.9 Å². The number of allylic oxidation sites excluding steroid dienone is 2. The molecule has 226 valence electrons. The minimum Gasteiger partial charge on any atom is -0.493 e. The fourth-order valence-corrected chi connectivity index (χ4v) is 7.43. The largest absolute Gasteiger partial charge is 0.493 e. The maximum absolute atomic E-state index is 14.2. The molecule has 2 aliphatic rings. The summed E-state index contributed by atoms with van der Waals surface area (Å²) in [4.78, 5) is 20.1. The normalized spacial score (nSPS) is 18.9. The number of thiazole rings is 1. The van der Waals surface area contributed by atoms with Crippen LogP contribution in [-0.4, -0.2) is 33.0 Å². The number of halogens is 1. The molecule has 0 amide bonds. The first-order valence-electron chi connectivity index (χ1n) is 14.3. The Morgan fingerprint density at radius 1 is 0.864 bits per heavy atom. The molecule has 3 aromatic carbocycles. The molecule has 4 aromatic rings. The molecule has 1 aliphatic heterocycles. The first-order chi connectivity index (χ1) is 21.3. The number of methoxy groups -OCH3 is 4. The molecule has 0 saturated heterocycles. The average Bonchev–Trinajstić information content (AvgIpc) is 3.35. The van der Waals surface area contributed by atoms with Gasteiger partial charge in [-0.1, -0.05) is 58.5 Å². The second-order valence-electron chi connectivity index (χ2n) is 10.8. The summed E-state index contributed by atoms with van der Waals surface area (Å²) < 4.78 is 25.7. The monoisotopic (exact) mass is 672 g/mol. The molecule has 2 unspecified atom stereocenters. The Labute approximate surface area is 268 Å². The summed E-state index contributed by atoms with van der Waals surface area (Å²) in [6, 6.07) is 19.4. The number of benzene rings is 3.